The highest BCUT2D eigenvalue weighted by Crippen LogP contribution is 2.41. The van der Waals surface area contributed by atoms with Gasteiger partial charge in [-0.1, -0.05) is 45.2 Å². The Morgan fingerprint density at radius 1 is 1.31 bits per heavy atom. The lowest BCUT2D eigenvalue weighted by molar-refractivity contribution is 0.0484. The number of carbonyl (C=O) groups excluding carboxylic acids is 1. The molecule has 1 saturated carbocycles. The standard InChI is InChI=1S/C13H23NOS/c1-2-5-10-8-9-14(13(15)16)12-7-4-3-6-11(10)12/h10-12H,2-9H2,1H3,(H,15,16). The lowest BCUT2D eigenvalue weighted by Crippen LogP contribution is -2.51. The Kier molecular flexibility index (Phi) is 4.17. The van der Waals surface area contributed by atoms with Gasteiger partial charge in [-0.2, -0.15) is 0 Å². The van der Waals surface area contributed by atoms with Crippen molar-refractivity contribution in [1.29, 1.82) is 0 Å². The lowest BCUT2D eigenvalue weighted by Gasteiger charge is -2.47. The molecule has 1 saturated heterocycles. The summed E-state index contributed by atoms with van der Waals surface area (Å²) in [7, 11) is 0. The Morgan fingerprint density at radius 3 is 2.75 bits per heavy atom. The number of amides is 1. The molecule has 3 atom stereocenters. The molecule has 0 bridgehead atoms. The van der Waals surface area contributed by atoms with Crippen LogP contribution in [0.1, 0.15) is 51.9 Å². The monoisotopic (exact) mass is 241 g/mol. The van der Waals surface area contributed by atoms with Gasteiger partial charge in [0.1, 0.15) is 0 Å². The normalized spacial score (nSPS) is 34.6. The molecule has 1 aliphatic carbocycles. The zero-order valence-electron chi connectivity index (χ0n) is 10.2. The molecule has 1 amide bonds. The number of likely N-dealkylation sites (tertiary alicyclic amines) is 1. The summed E-state index contributed by atoms with van der Waals surface area (Å²) in [6.45, 7) is 3.21. The molecule has 2 rings (SSSR count). The first kappa shape index (κ1) is 12.3. The van der Waals surface area contributed by atoms with Crippen LogP contribution in [0.25, 0.3) is 0 Å². The Hall–Kier alpha value is -0.180. The second-order valence-corrected chi connectivity index (χ2v) is 5.71. The Balaban J connectivity index is 2.08. The van der Waals surface area contributed by atoms with Crippen LogP contribution in [0, 0.1) is 11.8 Å². The molecule has 0 aromatic rings. The number of piperidine rings is 1. The van der Waals surface area contributed by atoms with E-state index in [1.807, 2.05) is 4.90 Å². The molecule has 3 unspecified atom stereocenters. The number of thiol groups is 1. The molecule has 0 N–H and O–H groups in total. The molecule has 0 aromatic heterocycles. The van der Waals surface area contributed by atoms with Gasteiger partial charge in [0, 0.05) is 12.6 Å². The molecule has 2 aliphatic rings. The molecule has 16 heavy (non-hydrogen) atoms. The topological polar surface area (TPSA) is 20.3 Å². The van der Waals surface area contributed by atoms with Gasteiger partial charge in [0.2, 0.25) is 0 Å². The highest BCUT2D eigenvalue weighted by atomic mass is 32.1. The van der Waals surface area contributed by atoms with Gasteiger partial charge in [0.05, 0.1) is 0 Å². The van der Waals surface area contributed by atoms with Crippen LogP contribution in [0.2, 0.25) is 0 Å². The predicted octanol–water partition coefficient (Wildman–Crippen LogP) is 3.72. The van der Waals surface area contributed by atoms with E-state index in [4.69, 9.17) is 0 Å². The first-order valence-corrected chi connectivity index (χ1v) is 7.18. The highest BCUT2D eigenvalue weighted by molar-refractivity contribution is 7.96. The average molecular weight is 241 g/mol. The van der Waals surface area contributed by atoms with E-state index in [0.717, 1.165) is 18.4 Å². The van der Waals surface area contributed by atoms with Crippen molar-refractivity contribution in [2.45, 2.75) is 57.9 Å². The van der Waals surface area contributed by atoms with Gasteiger partial charge in [-0.3, -0.25) is 4.79 Å². The minimum Gasteiger partial charge on any atom is -0.331 e. The molecule has 0 radical (unpaired) electrons. The van der Waals surface area contributed by atoms with E-state index in [0.29, 0.717) is 6.04 Å². The summed E-state index contributed by atoms with van der Waals surface area (Å²) in [5.41, 5.74) is 0. The number of carbonyl (C=O) groups is 1. The largest absolute Gasteiger partial charge is 0.331 e. The van der Waals surface area contributed by atoms with Crippen molar-refractivity contribution in [3.05, 3.63) is 0 Å². The minimum atomic E-state index is -0.00755. The van der Waals surface area contributed by atoms with Crippen molar-refractivity contribution in [2.24, 2.45) is 11.8 Å². The third kappa shape index (κ3) is 2.39. The number of hydrogen-bond donors (Lipinski definition) is 1. The van der Waals surface area contributed by atoms with Crippen molar-refractivity contribution >= 4 is 17.9 Å². The van der Waals surface area contributed by atoms with Crippen LogP contribution in [0.15, 0.2) is 0 Å². The van der Waals surface area contributed by atoms with Crippen LogP contribution in [0.4, 0.5) is 4.79 Å². The van der Waals surface area contributed by atoms with Gasteiger partial charge in [-0.25, -0.2) is 0 Å². The predicted molar refractivity (Wildman–Crippen MR) is 69.8 cm³/mol. The summed E-state index contributed by atoms with van der Waals surface area (Å²) < 4.78 is 0. The Labute approximate surface area is 104 Å². The van der Waals surface area contributed by atoms with E-state index in [2.05, 4.69) is 19.6 Å². The van der Waals surface area contributed by atoms with Gasteiger partial charge in [-0.15, -0.1) is 0 Å². The van der Waals surface area contributed by atoms with Gasteiger partial charge in [0.25, 0.3) is 5.24 Å². The Morgan fingerprint density at radius 2 is 2.06 bits per heavy atom. The fraction of sp³-hybridized carbons (Fsp3) is 0.923. The van der Waals surface area contributed by atoms with E-state index >= 15 is 0 Å². The molecule has 0 aromatic carbocycles. The fourth-order valence-corrected chi connectivity index (χ4v) is 3.98. The minimum absolute atomic E-state index is 0.00755. The SMILES string of the molecule is CCCC1CCN(C(=O)S)C2CCCCC12. The molecule has 1 aliphatic heterocycles. The van der Waals surface area contributed by atoms with Crippen LogP contribution >= 0.6 is 12.6 Å². The van der Waals surface area contributed by atoms with Crippen LogP contribution < -0.4 is 0 Å². The molecule has 2 nitrogen and oxygen atoms in total. The van der Waals surface area contributed by atoms with E-state index in [1.165, 1.54) is 44.9 Å². The van der Waals surface area contributed by atoms with E-state index in [9.17, 15) is 4.79 Å². The van der Waals surface area contributed by atoms with Gasteiger partial charge < -0.3 is 4.90 Å². The summed E-state index contributed by atoms with van der Waals surface area (Å²) >= 11 is 4.03. The van der Waals surface area contributed by atoms with Gasteiger partial charge in [0.15, 0.2) is 0 Å². The van der Waals surface area contributed by atoms with E-state index in [1.54, 1.807) is 0 Å². The summed E-state index contributed by atoms with van der Waals surface area (Å²) in [6.07, 6.45) is 9.00. The molecule has 92 valence electrons. The summed E-state index contributed by atoms with van der Waals surface area (Å²) in [6, 6.07) is 0.504. The number of hydrogen-bond acceptors (Lipinski definition) is 1. The van der Waals surface area contributed by atoms with Crippen LogP contribution in [0.5, 0.6) is 0 Å². The quantitative estimate of drug-likeness (QED) is 0.731. The zero-order chi connectivity index (χ0) is 11.5. The van der Waals surface area contributed by atoms with E-state index < -0.39 is 0 Å². The first-order valence-electron chi connectivity index (χ1n) is 6.73. The second kappa shape index (κ2) is 5.44. The summed E-state index contributed by atoms with van der Waals surface area (Å²) in [5.74, 6) is 1.62. The zero-order valence-corrected chi connectivity index (χ0v) is 11.1. The summed E-state index contributed by atoms with van der Waals surface area (Å²) in [4.78, 5) is 13.5. The highest BCUT2D eigenvalue weighted by Gasteiger charge is 2.39. The van der Waals surface area contributed by atoms with Crippen molar-refractivity contribution in [1.82, 2.24) is 4.90 Å². The maximum absolute atomic E-state index is 11.5. The van der Waals surface area contributed by atoms with Crippen molar-refractivity contribution < 1.29 is 4.79 Å². The molecule has 1 heterocycles. The molecule has 2 fully saturated rings. The van der Waals surface area contributed by atoms with Crippen molar-refractivity contribution in [3.8, 4) is 0 Å². The lowest BCUT2D eigenvalue weighted by atomic mass is 9.70. The van der Waals surface area contributed by atoms with Crippen LogP contribution in [0.3, 0.4) is 0 Å². The molecular weight excluding hydrogens is 218 g/mol. The molecule has 3 heteroatoms. The third-order valence-electron chi connectivity index (χ3n) is 4.43. The first-order chi connectivity index (χ1) is 7.74. The second-order valence-electron chi connectivity index (χ2n) is 5.33. The van der Waals surface area contributed by atoms with Gasteiger partial charge >= 0.3 is 0 Å². The number of nitrogens with zero attached hydrogens (tertiary/aromatic N) is 1. The van der Waals surface area contributed by atoms with Gasteiger partial charge in [-0.05, 0) is 31.1 Å². The average Bonchev–Trinajstić information content (AvgIpc) is 2.29. The van der Waals surface area contributed by atoms with Crippen LogP contribution in [-0.2, 0) is 0 Å². The molecule has 0 spiro atoms. The van der Waals surface area contributed by atoms with Crippen molar-refractivity contribution in [2.75, 3.05) is 6.54 Å². The van der Waals surface area contributed by atoms with Crippen LogP contribution in [-0.4, -0.2) is 22.7 Å². The maximum atomic E-state index is 11.5. The van der Waals surface area contributed by atoms with E-state index in [-0.39, 0.29) is 5.24 Å². The fourth-order valence-electron chi connectivity index (χ4n) is 3.73. The van der Waals surface area contributed by atoms with Crippen molar-refractivity contribution in [3.63, 3.8) is 0 Å². The number of rotatable bonds is 2. The summed E-state index contributed by atoms with van der Waals surface area (Å²) in [5, 5.41) is -0.00755. The smallest absolute Gasteiger partial charge is 0.278 e. The molecular formula is C13H23NOS. The Bertz CT molecular complexity index is 256. The number of fused-ring (bicyclic) bond motifs is 1. The third-order valence-corrected chi connectivity index (χ3v) is 4.69. The maximum Gasteiger partial charge on any atom is 0.278 e.